The summed E-state index contributed by atoms with van der Waals surface area (Å²) in [6, 6.07) is 1.84. The van der Waals surface area contributed by atoms with Gasteiger partial charge in [-0.25, -0.2) is 4.98 Å². The third kappa shape index (κ3) is 3.64. The first-order valence-electron chi connectivity index (χ1n) is 4.58. The average molecular weight is 302 g/mol. The summed E-state index contributed by atoms with van der Waals surface area (Å²) in [4.78, 5) is 14.6. The number of alkyl halides is 4. The van der Waals surface area contributed by atoms with Crippen molar-refractivity contribution >= 4 is 34.9 Å². The molecule has 1 heterocycles. The normalized spacial score (nSPS) is 11.2. The molecule has 0 radical (unpaired) electrons. The van der Waals surface area contributed by atoms with E-state index in [1.54, 1.807) is 0 Å². The summed E-state index contributed by atoms with van der Waals surface area (Å²) >= 11 is 10.7. The molecular weight excluding hydrogens is 294 g/mol. The molecule has 0 fully saturated rings. The predicted molar refractivity (Wildman–Crippen MR) is 61.4 cm³/mol. The molecule has 0 aliphatic carbocycles. The molecule has 100 valence electrons. The lowest BCUT2D eigenvalue weighted by Crippen LogP contribution is -2.33. The minimum Gasteiger partial charge on any atom is -0.279 e. The molecule has 0 saturated heterocycles. The number of hydrogen-bond acceptors (Lipinski definition) is 3. The number of carbonyl (C=O) groups is 1. The lowest BCUT2D eigenvalue weighted by Gasteiger charge is -2.18. The fourth-order valence-electron chi connectivity index (χ4n) is 1.03. The van der Waals surface area contributed by atoms with Gasteiger partial charge in [-0.1, -0.05) is 11.6 Å². The van der Waals surface area contributed by atoms with Crippen LogP contribution in [0.15, 0.2) is 12.1 Å². The van der Waals surface area contributed by atoms with Gasteiger partial charge in [0.25, 0.3) is 5.91 Å². The van der Waals surface area contributed by atoms with Crippen molar-refractivity contribution in [2.75, 3.05) is 18.4 Å². The molecule has 0 aliphatic rings. The van der Waals surface area contributed by atoms with Crippen molar-refractivity contribution in [1.82, 2.24) is 9.99 Å². The number of halogens is 5. The van der Waals surface area contributed by atoms with Crippen LogP contribution in [-0.2, 0) is 11.0 Å². The molecule has 1 aromatic rings. The zero-order valence-electron chi connectivity index (χ0n) is 9.05. The van der Waals surface area contributed by atoms with Gasteiger partial charge in [-0.15, -0.1) is 11.6 Å². The van der Waals surface area contributed by atoms with Gasteiger partial charge in [0.2, 0.25) is 0 Å². The van der Waals surface area contributed by atoms with Crippen molar-refractivity contribution in [3.63, 3.8) is 0 Å². The monoisotopic (exact) mass is 301 g/mol. The summed E-state index contributed by atoms with van der Waals surface area (Å²) in [6.45, 7) is 0. The molecule has 0 spiro atoms. The lowest BCUT2D eigenvalue weighted by atomic mass is 10.3. The molecule has 4 nitrogen and oxygen atoms in total. The molecule has 1 N–H and O–H groups in total. The van der Waals surface area contributed by atoms with Gasteiger partial charge in [0.15, 0.2) is 0 Å². The van der Waals surface area contributed by atoms with Gasteiger partial charge in [-0.2, -0.15) is 13.2 Å². The van der Waals surface area contributed by atoms with Crippen molar-refractivity contribution in [1.29, 1.82) is 0 Å². The van der Waals surface area contributed by atoms with Gasteiger partial charge in [0, 0.05) is 7.05 Å². The fourth-order valence-corrected chi connectivity index (χ4v) is 1.47. The second kappa shape index (κ2) is 5.62. The Balaban J connectivity index is 2.89. The van der Waals surface area contributed by atoms with Crippen LogP contribution in [-0.4, -0.2) is 28.8 Å². The van der Waals surface area contributed by atoms with Gasteiger partial charge in [0.05, 0.1) is 5.56 Å². The summed E-state index contributed by atoms with van der Waals surface area (Å²) < 4.78 is 37.2. The fraction of sp³-hybridized carbons (Fsp3) is 0.333. The highest BCUT2D eigenvalue weighted by Gasteiger charge is 2.34. The van der Waals surface area contributed by atoms with Crippen molar-refractivity contribution in [3.8, 4) is 0 Å². The Morgan fingerprint density at radius 2 is 2.11 bits per heavy atom. The van der Waals surface area contributed by atoms with E-state index in [2.05, 4.69) is 10.4 Å². The summed E-state index contributed by atoms with van der Waals surface area (Å²) in [5.41, 5.74) is 1.41. The zero-order chi connectivity index (χ0) is 13.9. The summed E-state index contributed by atoms with van der Waals surface area (Å²) in [5.74, 6) is -0.721. The number of aromatic nitrogens is 1. The van der Waals surface area contributed by atoms with Crippen LogP contribution in [0, 0.1) is 0 Å². The maximum Gasteiger partial charge on any atom is 0.419 e. The number of pyridine rings is 1. The predicted octanol–water partition coefficient (Wildman–Crippen LogP) is 2.78. The number of hydrogen-bond donors (Lipinski definition) is 1. The standard InChI is InChI=1S/C9H8Cl2F3N3O/c1-17(7(18)4-10)16-6-3-2-5(8(11)15-6)9(12,13)14/h2-3H,4H2,1H3,(H,15,16). The SMILES string of the molecule is CN(Nc1ccc(C(F)(F)F)c(Cl)n1)C(=O)CCl. The van der Waals surface area contributed by atoms with Crippen molar-refractivity contribution in [2.24, 2.45) is 0 Å². The molecule has 0 bridgehead atoms. The number of nitrogens with zero attached hydrogens (tertiary/aromatic N) is 2. The number of nitrogens with one attached hydrogen (secondary N) is 1. The van der Waals surface area contributed by atoms with E-state index in [0.717, 1.165) is 17.1 Å². The molecule has 1 aromatic heterocycles. The third-order valence-electron chi connectivity index (χ3n) is 1.92. The highest BCUT2D eigenvalue weighted by atomic mass is 35.5. The van der Waals surface area contributed by atoms with Crippen LogP contribution in [0.5, 0.6) is 0 Å². The Morgan fingerprint density at radius 3 is 2.56 bits per heavy atom. The summed E-state index contributed by atoms with van der Waals surface area (Å²) in [7, 11) is 1.36. The Labute approximate surface area is 111 Å². The maximum atomic E-state index is 12.4. The van der Waals surface area contributed by atoms with E-state index in [4.69, 9.17) is 23.2 Å². The van der Waals surface area contributed by atoms with E-state index in [0.29, 0.717) is 0 Å². The van der Waals surface area contributed by atoms with Crippen molar-refractivity contribution in [3.05, 3.63) is 22.8 Å². The van der Waals surface area contributed by atoms with Crippen LogP contribution in [0.2, 0.25) is 5.15 Å². The lowest BCUT2D eigenvalue weighted by molar-refractivity contribution is -0.137. The van der Waals surface area contributed by atoms with Crippen LogP contribution in [0.25, 0.3) is 0 Å². The highest BCUT2D eigenvalue weighted by molar-refractivity contribution is 6.30. The zero-order valence-corrected chi connectivity index (χ0v) is 10.6. The van der Waals surface area contributed by atoms with E-state index in [-0.39, 0.29) is 11.7 Å². The van der Waals surface area contributed by atoms with E-state index in [1.807, 2.05) is 0 Å². The van der Waals surface area contributed by atoms with Crippen molar-refractivity contribution < 1.29 is 18.0 Å². The number of amides is 1. The van der Waals surface area contributed by atoms with Gasteiger partial charge >= 0.3 is 6.18 Å². The summed E-state index contributed by atoms with van der Waals surface area (Å²) in [6.07, 6.45) is -4.57. The second-order valence-electron chi connectivity index (χ2n) is 3.23. The molecule has 0 unspecified atom stereocenters. The van der Waals surface area contributed by atoms with Crippen molar-refractivity contribution in [2.45, 2.75) is 6.18 Å². The molecule has 1 amide bonds. The van der Waals surface area contributed by atoms with E-state index in [1.165, 1.54) is 7.05 Å². The molecule has 1 rings (SSSR count). The molecule has 0 atom stereocenters. The third-order valence-corrected chi connectivity index (χ3v) is 2.44. The molecular formula is C9H8Cl2F3N3O. The van der Waals surface area contributed by atoms with Crippen LogP contribution in [0.1, 0.15) is 5.56 Å². The topological polar surface area (TPSA) is 45.2 Å². The Morgan fingerprint density at radius 1 is 1.50 bits per heavy atom. The molecule has 0 aromatic carbocycles. The van der Waals surface area contributed by atoms with E-state index in [9.17, 15) is 18.0 Å². The highest BCUT2D eigenvalue weighted by Crippen LogP contribution is 2.34. The van der Waals surface area contributed by atoms with Crippen LogP contribution in [0.4, 0.5) is 19.0 Å². The first-order valence-corrected chi connectivity index (χ1v) is 5.50. The Hall–Kier alpha value is -1.21. The number of anilines is 1. The van der Waals surface area contributed by atoms with E-state index < -0.39 is 22.8 Å². The van der Waals surface area contributed by atoms with Gasteiger partial charge in [-0.3, -0.25) is 15.2 Å². The minimum atomic E-state index is -4.57. The molecule has 18 heavy (non-hydrogen) atoms. The Kier molecular flexibility index (Phi) is 4.64. The first-order chi connectivity index (χ1) is 8.25. The van der Waals surface area contributed by atoms with Gasteiger partial charge in [-0.05, 0) is 12.1 Å². The maximum absolute atomic E-state index is 12.4. The van der Waals surface area contributed by atoms with Crippen LogP contribution >= 0.6 is 23.2 Å². The smallest absolute Gasteiger partial charge is 0.279 e. The Bertz CT molecular complexity index is 453. The minimum absolute atomic E-state index is 0.00830. The quantitative estimate of drug-likeness (QED) is 0.530. The molecule has 0 saturated carbocycles. The second-order valence-corrected chi connectivity index (χ2v) is 3.86. The average Bonchev–Trinajstić information content (AvgIpc) is 2.26. The van der Waals surface area contributed by atoms with Crippen LogP contribution < -0.4 is 5.43 Å². The molecule has 0 aliphatic heterocycles. The first kappa shape index (κ1) is 14.8. The number of rotatable bonds is 3. The number of carbonyl (C=O) groups excluding carboxylic acids is 1. The van der Waals surface area contributed by atoms with Crippen LogP contribution in [0.3, 0.4) is 0 Å². The number of hydrazine groups is 1. The largest absolute Gasteiger partial charge is 0.419 e. The van der Waals surface area contributed by atoms with Gasteiger partial charge in [0.1, 0.15) is 16.9 Å². The van der Waals surface area contributed by atoms with E-state index >= 15 is 0 Å². The van der Waals surface area contributed by atoms with Gasteiger partial charge < -0.3 is 0 Å². The molecule has 9 heteroatoms. The summed E-state index contributed by atoms with van der Waals surface area (Å²) in [5, 5.41) is 0.304.